The highest BCUT2D eigenvalue weighted by Gasteiger charge is 2.10. The Bertz CT molecular complexity index is 588. The minimum atomic E-state index is 0.00497. The van der Waals surface area contributed by atoms with E-state index in [1.54, 1.807) is 6.92 Å². The lowest BCUT2D eigenvalue weighted by Gasteiger charge is -2.10. The lowest BCUT2D eigenvalue weighted by atomic mass is 10.0. The second-order valence-electron chi connectivity index (χ2n) is 4.39. The van der Waals surface area contributed by atoms with E-state index in [1.165, 1.54) is 0 Å². The van der Waals surface area contributed by atoms with Crippen LogP contribution in [-0.2, 0) is 0 Å². The predicted octanol–water partition coefficient (Wildman–Crippen LogP) is 3.66. The van der Waals surface area contributed by atoms with Crippen LogP contribution < -0.4 is 4.74 Å². The van der Waals surface area contributed by atoms with E-state index >= 15 is 0 Å². The standard InChI is InChI=1S/C16H17NO2/c1-4-19-16-8-7-13(9-15(16)12(3)18)14-6-5-11(2)17-10-14/h5-10H,4H2,1-3H3. The van der Waals surface area contributed by atoms with Crippen molar-refractivity contribution in [3.8, 4) is 16.9 Å². The summed E-state index contributed by atoms with van der Waals surface area (Å²) >= 11 is 0. The van der Waals surface area contributed by atoms with Crippen LogP contribution in [0.2, 0.25) is 0 Å². The van der Waals surface area contributed by atoms with Gasteiger partial charge in [0.1, 0.15) is 5.75 Å². The molecule has 0 aliphatic heterocycles. The summed E-state index contributed by atoms with van der Waals surface area (Å²) in [4.78, 5) is 16.0. The topological polar surface area (TPSA) is 39.2 Å². The van der Waals surface area contributed by atoms with Gasteiger partial charge in [0, 0.05) is 17.5 Å². The maximum absolute atomic E-state index is 11.7. The van der Waals surface area contributed by atoms with E-state index < -0.39 is 0 Å². The average molecular weight is 255 g/mol. The molecule has 1 heterocycles. The zero-order chi connectivity index (χ0) is 13.8. The van der Waals surface area contributed by atoms with Crippen LogP contribution in [0.15, 0.2) is 36.5 Å². The van der Waals surface area contributed by atoms with Gasteiger partial charge >= 0.3 is 0 Å². The molecule has 0 spiro atoms. The zero-order valence-corrected chi connectivity index (χ0v) is 11.4. The first-order chi connectivity index (χ1) is 9.11. The van der Waals surface area contributed by atoms with E-state index in [4.69, 9.17) is 4.74 Å². The SMILES string of the molecule is CCOc1ccc(-c2ccc(C)nc2)cc1C(C)=O. The summed E-state index contributed by atoms with van der Waals surface area (Å²) < 4.78 is 5.47. The number of hydrogen-bond donors (Lipinski definition) is 0. The summed E-state index contributed by atoms with van der Waals surface area (Å²) in [6.07, 6.45) is 1.81. The lowest BCUT2D eigenvalue weighted by Crippen LogP contribution is -2.01. The van der Waals surface area contributed by atoms with Gasteiger partial charge in [-0.3, -0.25) is 9.78 Å². The van der Waals surface area contributed by atoms with Crippen molar-refractivity contribution in [2.75, 3.05) is 6.61 Å². The molecule has 1 aromatic heterocycles. The van der Waals surface area contributed by atoms with E-state index in [-0.39, 0.29) is 5.78 Å². The number of ether oxygens (including phenoxy) is 1. The third-order valence-corrected chi connectivity index (χ3v) is 2.90. The van der Waals surface area contributed by atoms with Crippen LogP contribution in [0.4, 0.5) is 0 Å². The lowest BCUT2D eigenvalue weighted by molar-refractivity contribution is 0.101. The second-order valence-corrected chi connectivity index (χ2v) is 4.39. The van der Waals surface area contributed by atoms with Crippen molar-refractivity contribution in [1.29, 1.82) is 0 Å². The minimum absolute atomic E-state index is 0.00497. The largest absolute Gasteiger partial charge is 0.493 e. The molecule has 0 unspecified atom stereocenters. The molecule has 1 aromatic carbocycles. The van der Waals surface area contributed by atoms with E-state index in [0.29, 0.717) is 17.9 Å². The number of nitrogens with zero attached hydrogens (tertiary/aromatic N) is 1. The van der Waals surface area contributed by atoms with Crippen LogP contribution >= 0.6 is 0 Å². The first kappa shape index (κ1) is 13.3. The molecular formula is C16H17NO2. The van der Waals surface area contributed by atoms with Crippen LogP contribution in [0.5, 0.6) is 5.75 Å². The highest BCUT2D eigenvalue weighted by Crippen LogP contribution is 2.27. The van der Waals surface area contributed by atoms with Gasteiger partial charge in [0.05, 0.1) is 12.2 Å². The molecule has 3 heteroatoms. The number of hydrogen-bond acceptors (Lipinski definition) is 3. The maximum atomic E-state index is 11.7. The summed E-state index contributed by atoms with van der Waals surface area (Å²) in [6, 6.07) is 9.61. The van der Waals surface area contributed by atoms with Crippen molar-refractivity contribution in [1.82, 2.24) is 4.98 Å². The maximum Gasteiger partial charge on any atom is 0.163 e. The molecule has 0 aliphatic carbocycles. The van der Waals surface area contributed by atoms with Crippen LogP contribution in [-0.4, -0.2) is 17.4 Å². The van der Waals surface area contributed by atoms with Crippen molar-refractivity contribution >= 4 is 5.78 Å². The molecule has 0 saturated carbocycles. The Hall–Kier alpha value is -2.16. The summed E-state index contributed by atoms with van der Waals surface area (Å²) in [7, 11) is 0. The van der Waals surface area contributed by atoms with Crippen molar-refractivity contribution < 1.29 is 9.53 Å². The molecule has 0 bridgehead atoms. The fraction of sp³-hybridized carbons (Fsp3) is 0.250. The molecule has 0 atom stereocenters. The van der Waals surface area contributed by atoms with Gasteiger partial charge in [0.15, 0.2) is 5.78 Å². The summed E-state index contributed by atoms with van der Waals surface area (Å²) in [5.74, 6) is 0.643. The first-order valence-corrected chi connectivity index (χ1v) is 6.32. The van der Waals surface area contributed by atoms with Crippen molar-refractivity contribution in [2.45, 2.75) is 20.8 Å². The monoisotopic (exact) mass is 255 g/mol. The van der Waals surface area contributed by atoms with E-state index in [9.17, 15) is 4.79 Å². The number of benzene rings is 1. The number of carbonyl (C=O) groups excluding carboxylic acids is 1. The third kappa shape index (κ3) is 2.99. The number of aromatic nitrogens is 1. The quantitative estimate of drug-likeness (QED) is 0.783. The fourth-order valence-electron chi connectivity index (χ4n) is 1.90. The molecule has 0 aliphatic rings. The van der Waals surface area contributed by atoms with Gasteiger partial charge < -0.3 is 4.74 Å². The zero-order valence-electron chi connectivity index (χ0n) is 11.4. The number of carbonyl (C=O) groups is 1. The van der Waals surface area contributed by atoms with Crippen molar-refractivity contribution in [3.05, 3.63) is 47.8 Å². The Morgan fingerprint density at radius 1 is 1.21 bits per heavy atom. The highest BCUT2D eigenvalue weighted by molar-refractivity contribution is 5.98. The molecule has 98 valence electrons. The van der Waals surface area contributed by atoms with Gasteiger partial charge in [-0.1, -0.05) is 12.1 Å². The van der Waals surface area contributed by atoms with E-state index in [1.807, 2.05) is 50.4 Å². The van der Waals surface area contributed by atoms with Crippen LogP contribution in [0.25, 0.3) is 11.1 Å². The van der Waals surface area contributed by atoms with Gasteiger partial charge in [-0.2, -0.15) is 0 Å². The Morgan fingerprint density at radius 3 is 2.53 bits per heavy atom. The number of ketones is 1. The minimum Gasteiger partial charge on any atom is -0.493 e. The van der Waals surface area contributed by atoms with Gasteiger partial charge in [0.25, 0.3) is 0 Å². The highest BCUT2D eigenvalue weighted by atomic mass is 16.5. The molecular weight excluding hydrogens is 238 g/mol. The van der Waals surface area contributed by atoms with Gasteiger partial charge in [-0.15, -0.1) is 0 Å². The number of rotatable bonds is 4. The molecule has 0 saturated heterocycles. The fourth-order valence-corrected chi connectivity index (χ4v) is 1.90. The molecule has 0 fully saturated rings. The first-order valence-electron chi connectivity index (χ1n) is 6.32. The third-order valence-electron chi connectivity index (χ3n) is 2.90. The normalized spacial score (nSPS) is 10.3. The second kappa shape index (κ2) is 5.65. The molecule has 0 N–H and O–H groups in total. The summed E-state index contributed by atoms with van der Waals surface area (Å²) in [5.41, 5.74) is 3.55. The molecule has 0 radical (unpaired) electrons. The Balaban J connectivity index is 2.45. The Labute approximate surface area is 113 Å². The number of Topliss-reactive ketones (excluding diaryl/α,β-unsaturated/α-hetero) is 1. The number of aryl methyl sites for hydroxylation is 1. The van der Waals surface area contributed by atoms with Crippen molar-refractivity contribution in [3.63, 3.8) is 0 Å². The van der Waals surface area contributed by atoms with Crippen LogP contribution in [0.3, 0.4) is 0 Å². The molecule has 2 aromatic rings. The van der Waals surface area contributed by atoms with E-state index in [2.05, 4.69) is 4.98 Å². The smallest absolute Gasteiger partial charge is 0.163 e. The molecule has 3 nitrogen and oxygen atoms in total. The molecule has 19 heavy (non-hydrogen) atoms. The number of pyridine rings is 1. The summed E-state index contributed by atoms with van der Waals surface area (Å²) in [5, 5.41) is 0. The average Bonchev–Trinajstić information content (AvgIpc) is 2.40. The molecule has 2 rings (SSSR count). The summed E-state index contributed by atoms with van der Waals surface area (Å²) in [6.45, 7) is 5.95. The van der Waals surface area contributed by atoms with Gasteiger partial charge in [0.2, 0.25) is 0 Å². The predicted molar refractivity (Wildman–Crippen MR) is 75.6 cm³/mol. The van der Waals surface area contributed by atoms with Crippen LogP contribution in [0, 0.1) is 6.92 Å². The Kier molecular flexibility index (Phi) is 3.95. The van der Waals surface area contributed by atoms with Crippen LogP contribution in [0.1, 0.15) is 29.9 Å². The van der Waals surface area contributed by atoms with Gasteiger partial charge in [-0.25, -0.2) is 0 Å². The van der Waals surface area contributed by atoms with Crippen molar-refractivity contribution in [2.24, 2.45) is 0 Å². The van der Waals surface area contributed by atoms with Gasteiger partial charge in [-0.05, 0) is 44.5 Å². The Morgan fingerprint density at radius 2 is 1.95 bits per heavy atom. The molecule has 0 amide bonds. The van der Waals surface area contributed by atoms with E-state index in [0.717, 1.165) is 16.8 Å².